The zero-order valence-electron chi connectivity index (χ0n) is 21.2. The molecule has 6 heteroatoms. The van der Waals surface area contributed by atoms with Crippen molar-refractivity contribution >= 4 is 40.9 Å². The molecule has 4 rings (SSSR count). The van der Waals surface area contributed by atoms with E-state index in [-0.39, 0.29) is 11.7 Å². The molecule has 0 fully saturated rings. The number of hydrogen-bond donors (Lipinski definition) is 0. The van der Waals surface area contributed by atoms with Gasteiger partial charge in [0.25, 0.3) is 0 Å². The summed E-state index contributed by atoms with van der Waals surface area (Å²) in [5.41, 5.74) is 0.0240. The molecule has 0 amide bonds. The first-order chi connectivity index (χ1) is 18.5. The van der Waals surface area contributed by atoms with Gasteiger partial charge in [0.05, 0.1) is 19.8 Å². The Bertz CT molecular complexity index is 1320. The van der Waals surface area contributed by atoms with Crippen LogP contribution >= 0.6 is 7.26 Å². The van der Waals surface area contributed by atoms with Gasteiger partial charge in [0.15, 0.2) is 11.4 Å². The van der Waals surface area contributed by atoms with Crippen LogP contribution in [0.5, 0.6) is 0 Å². The van der Waals surface area contributed by atoms with E-state index < -0.39 is 30.6 Å². The topological polar surface area (TPSA) is 69.7 Å². The van der Waals surface area contributed by atoms with Crippen molar-refractivity contribution in [3.63, 3.8) is 0 Å². The third-order valence-electron chi connectivity index (χ3n) is 6.38. The van der Waals surface area contributed by atoms with E-state index in [2.05, 4.69) is 0 Å². The van der Waals surface area contributed by atoms with Gasteiger partial charge >= 0.3 is 11.9 Å². The highest BCUT2D eigenvalue weighted by Gasteiger charge is 2.48. The zero-order valence-corrected chi connectivity index (χ0v) is 22.1. The largest absolute Gasteiger partial charge is 0.465 e. The monoisotopic (exact) mass is 523 g/mol. The van der Waals surface area contributed by atoms with Crippen molar-refractivity contribution in [1.82, 2.24) is 0 Å². The van der Waals surface area contributed by atoms with E-state index in [0.717, 1.165) is 15.9 Å². The predicted octanol–water partition coefficient (Wildman–Crippen LogP) is 4.51. The first-order valence-electron chi connectivity index (χ1n) is 12.1. The maximum Gasteiger partial charge on any atom is 0.345 e. The highest BCUT2D eigenvalue weighted by Crippen LogP contribution is 2.57. The Kier molecular flexibility index (Phi) is 8.62. The Balaban J connectivity index is 2.11. The van der Waals surface area contributed by atoms with Crippen molar-refractivity contribution in [2.75, 3.05) is 20.4 Å². The molecule has 0 N–H and O–H groups in total. The second-order valence-corrected chi connectivity index (χ2v) is 12.0. The van der Waals surface area contributed by atoms with Crippen LogP contribution in [0.3, 0.4) is 0 Å². The van der Waals surface area contributed by atoms with E-state index in [9.17, 15) is 14.4 Å². The minimum absolute atomic E-state index is 0.0554. The van der Waals surface area contributed by atoms with Crippen LogP contribution in [-0.4, -0.2) is 38.1 Å². The normalized spacial score (nSPS) is 10.8. The first-order valence-corrected chi connectivity index (χ1v) is 14.0. The smallest absolute Gasteiger partial charge is 0.345 e. The average molecular weight is 524 g/mol. The molecule has 5 nitrogen and oxygen atoms in total. The van der Waals surface area contributed by atoms with Gasteiger partial charge in [-0.3, -0.25) is 4.79 Å². The molecule has 0 saturated carbocycles. The lowest BCUT2D eigenvalue weighted by molar-refractivity contribution is -0.144. The number of carbonyl (C=O) groups excluding carboxylic acids is 3. The van der Waals surface area contributed by atoms with Crippen LogP contribution in [0.15, 0.2) is 132 Å². The van der Waals surface area contributed by atoms with E-state index >= 15 is 0 Å². The number of rotatable bonds is 9. The summed E-state index contributed by atoms with van der Waals surface area (Å²) in [5, 5.41) is 3.01. The van der Waals surface area contributed by atoms with E-state index in [4.69, 9.17) is 9.47 Å². The van der Waals surface area contributed by atoms with E-state index in [1.54, 1.807) is 30.3 Å². The molecule has 0 heterocycles. The summed E-state index contributed by atoms with van der Waals surface area (Å²) in [7, 11) is -0.263. The fourth-order valence-electron chi connectivity index (χ4n) is 4.57. The lowest BCUT2D eigenvalue weighted by Crippen LogP contribution is -2.36. The molecule has 38 heavy (non-hydrogen) atoms. The number of hydrogen-bond acceptors (Lipinski definition) is 5. The maximum atomic E-state index is 14.1. The number of allylic oxidation sites excluding steroid dienone is 1. The second kappa shape index (κ2) is 12.3. The Labute approximate surface area is 223 Å². The van der Waals surface area contributed by atoms with Gasteiger partial charge in [-0.1, -0.05) is 84.9 Å². The maximum absolute atomic E-state index is 14.1. The molecule has 0 atom stereocenters. The molecule has 0 aliphatic carbocycles. The summed E-state index contributed by atoms with van der Waals surface area (Å²) >= 11 is 0. The molecule has 0 aromatic heterocycles. The van der Waals surface area contributed by atoms with Gasteiger partial charge in [-0.05, 0) is 36.4 Å². The molecule has 0 unspecified atom stereocenters. The third-order valence-corrected chi connectivity index (χ3v) is 10.7. The highest BCUT2D eigenvalue weighted by molar-refractivity contribution is 7.95. The van der Waals surface area contributed by atoms with E-state index in [0.29, 0.717) is 5.56 Å². The molecule has 4 aromatic rings. The number of Topliss-reactive ketones (excluding diaryl/α,β-unsaturated/α-hetero) is 1. The predicted molar refractivity (Wildman–Crippen MR) is 152 cm³/mol. The number of ketones is 1. The molecular formula is C32H28O5P+. The van der Waals surface area contributed by atoms with Gasteiger partial charge in [0, 0.05) is 5.56 Å². The third kappa shape index (κ3) is 5.34. The first kappa shape index (κ1) is 26.7. The van der Waals surface area contributed by atoms with Crippen LogP contribution in [0, 0.1) is 0 Å². The SMILES string of the molecule is COC(=O)C(C(=O)OC)=C(C[P+](c1ccccc1)(c1ccccc1)c1ccccc1)C(=O)c1ccccc1. The summed E-state index contributed by atoms with van der Waals surface area (Å²) in [5.74, 6) is -2.25. The lowest BCUT2D eigenvalue weighted by atomic mass is 9.99. The molecule has 0 aliphatic heterocycles. The number of ether oxygens (including phenoxy) is 2. The van der Waals surface area contributed by atoms with Crippen molar-refractivity contribution in [3.8, 4) is 0 Å². The van der Waals surface area contributed by atoms with Crippen molar-refractivity contribution in [2.45, 2.75) is 0 Å². The molecular weight excluding hydrogens is 495 g/mol. The lowest BCUT2D eigenvalue weighted by Gasteiger charge is -2.29. The van der Waals surface area contributed by atoms with Gasteiger partial charge < -0.3 is 9.47 Å². The molecule has 0 radical (unpaired) electrons. The quantitative estimate of drug-likeness (QED) is 0.0807. The van der Waals surface area contributed by atoms with Crippen molar-refractivity contribution in [1.29, 1.82) is 0 Å². The van der Waals surface area contributed by atoms with Gasteiger partial charge in [0.1, 0.15) is 29.3 Å². The summed E-state index contributed by atoms with van der Waals surface area (Å²) in [6, 6.07) is 38.4. The number of methoxy groups -OCH3 is 2. The molecule has 0 bridgehead atoms. The number of benzene rings is 4. The van der Waals surface area contributed by atoms with Gasteiger partial charge in [-0.15, -0.1) is 0 Å². The van der Waals surface area contributed by atoms with Crippen LogP contribution in [0.4, 0.5) is 0 Å². The average Bonchev–Trinajstić information content (AvgIpc) is 3.00. The number of carbonyl (C=O) groups is 3. The summed E-state index contributed by atoms with van der Waals surface area (Å²) < 4.78 is 9.99. The van der Waals surface area contributed by atoms with Crippen LogP contribution in [0.2, 0.25) is 0 Å². The minimum atomic E-state index is -2.63. The fourth-order valence-corrected chi connectivity index (χ4v) is 8.83. The standard InChI is InChI=1S/C32H28O5P/c1-36-31(34)29(32(35)37-2)28(30(33)24-15-7-3-8-16-24)23-38(25-17-9-4-10-18-25,26-19-11-5-12-20-26)27-21-13-6-14-22-27/h3-22H,23H2,1-2H3/q+1. The minimum Gasteiger partial charge on any atom is -0.465 e. The van der Waals surface area contributed by atoms with Crippen molar-refractivity contribution in [3.05, 3.63) is 138 Å². The number of esters is 2. The Morgan fingerprint density at radius 1 is 0.553 bits per heavy atom. The van der Waals surface area contributed by atoms with Crippen molar-refractivity contribution < 1.29 is 23.9 Å². The zero-order chi connectivity index (χ0) is 27.0. The summed E-state index contributed by atoms with van der Waals surface area (Å²) in [6.45, 7) is 0. The van der Waals surface area contributed by atoms with E-state index in [1.165, 1.54) is 14.2 Å². The molecule has 0 aliphatic rings. The van der Waals surface area contributed by atoms with Crippen molar-refractivity contribution in [2.24, 2.45) is 0 Å². The van der Waals surface area contributed by atoms with Gasteiger partial charge in [0.2, 0.25) is 0 Å². The van der Waals surface area contributed by atoms with Crippen LogP contribution in [-0.2, 0) is 19.1 Å². The van der Waals surface area contributed by atoms with Crippen LogP contribution < -0.4 is 15.9 Å². The van der Waals surface area contributed by atoms with Gasteiger partial charge in [-0.2, -0.15) is 0 Å². The van der Waals surface area contributed by atoms with E-state index in [1.807, 2.05) is 91.0 Å². The second-order valence-electron chi connectivity index (χ2n) is 8.51. The fraction of sp³-hybridized carbons (Fsp3) is 0.0938. The Hall–Kier alpha value is -4.34. The van der Waals surface area contributed by atoms with Crippen LogP contribution in [0.25, 0.3) is 0 Å². The molecule has 0 saturated heterocycles. The Morgan fingerprint density at radius 3 is 1.24 bits per heavy atom. The summed E-state index contributed by atoms with van der Waals surface area (Å²) in [6.07, 6.45) is 0.109. The molecule has 0 spiro atoms. The Morgan fingerprint density at radius 2 is 0.895 bits per heavy atom. The highest BCUT2D eigenvalue weighted by atomic mass is 31.2. The van der Waals surface area contributed by atoms with Gasteiger partial charge in [-0.25, -0.2) is 9.59 Å². The molecule has 190 valence electrons. The summed E-state index contributed by atoms with van der Waals surface area (Å²) in [4.78, 5) is 40.3. The molecule has 4 aromatic carbocycles. The van der Waals surface area contributed by atoms with Crippen LogP contribution in [0.1, 0.15) is 10.4 Å².